The summed E-state index contributed by atoms with van der Waals surface area (Å²) < 4.78 is 0. The van der Waals surface area contributed by atoms with Crippen LogP contribution in [0.3, 0.4) is 0 Å². The molecule has 0 atom stereocenters. The molecule has 0 radical (unpaired) electrons. The van der Waals surface area contributed by atoms with Gasteiger partial charge in [-0.2, -0.15) is 0 Å². The number of anilines is 1. The quantitative estimate of drug-likeness (QED) is 0.741. The number of hydrogen-bond acceptors (Lipinski definition) is 3. The molecular formula is C25H34N4O3. The minimum Gasteiger partial charge on any atom is -0.339 e. The minimum atomic E-state index is -0.153. The van der Waals surface area contributed by atoms with E-state index in [1.165, 1.54) is 19.3 Å². The maximum atomic E-state index is 13.5. The number of carbonyl (C=O) groups is 3. The lowest BCUT2D eigenvalue weighted by atomic mass is 9.49. The summed E-state index contributed by atoms with van der Waals surface area (Å²) in [5.41, 5.74) is 0.648. The smallest absolute Gasteiger partial charge is 0.317 e. The molecule has 5 fully saturated rings. The van der Waals surface area contributed by atoms with E-state index in [0.717, 1.165) is 42.7 Å². The fourth-order valence-corrected chi connectivity index (χ4v) is 6.96. The maximum absolute atomic E-state index is 13.5. The molecule has 7 nitrogen and oxygen atoms in total. The molecule has 1 heterocycles. The Labute approximate surface area is 189 Å². The Balaban J connectivity index is 1.05. The van der Waals surface area contributed by atoms with E-state index in [1.807, 2.05) is 35.2 Å². The molecule has 172 valence electrons. The zero-order chi connectivity index (χ0) is 22.1. The van der Waals surface area contributed by atoms with Gasteiger partial charge in [0.1, 0.15) is 0 Å². The molecule has 1 aromatic carbocycles. The van der Waals surface area contributed by atoms with Crippen LogP contribution in [0.2, 0.25) is 0 Å². The Bertz CT molecular complexity index is 828. The largest absolute Gasteiger partial charge is 0.339 e. The van der Waals surface area contributed by atoms with Crippen molar-refractivity contribution in [3.8, 4) is 0 Å². The predicted octanol–water partition coefficient (Wildman–Crippen LogP) is 3.09. The highest BCUT2D eigenvalue weighted by Gasteiger charge is 2.55. The second kappa shape index (κ2) is 8.75. The topological polar surface area (TPSA) is 81.8 Å². The number of para-hydroxylation sites is 1. The zero-order valence-electron chi connectivity index (χ0n) is 18.7. The first kappa shape index (κ1) is 21.3. The van der Waals surface area contributed by atoms with Gasteiger partial charge in [0.25, 0.3) is 0 Å². The first-order chi connectivity index (χ1) is 15.5. The summed E-state index contributed by atoms with van der Waals surface area (Å²) in [4.78, 5) is 41.8. The van der Waals surface area contributed by atoms with Crippen molar-refractivity contribution >= 4 is 23.5 Å². The van der Waals surface area contributed by atoms with Crippen molar-refractivity contribution in [2.75, 3.05) is 38.0 Å². The molecule has 1 aromatic rings. The van der Waals surface area contributed by atoms with Gasteiger partial charge in [0.05, 0.1) is 5.41 Å². The SMILES string of the molecule is O=C(CCNC(=O)N1CCN(C(=O)C23CC4CC(CC(C4)C2)C3)CC1)Nc1ccccc1. The number of nitrogens with one attached hydrogen (secondary N) is 2. The molecule has 5 aliphatic rings. The standard InChI is InChI=1S/C25H34N4O3/c30-22(27-21-4-2-1-3-5-21)6-7-26-24(32)29-10-8-28(9-11-29)23(31)25-15-18-12-19(16-25)14-20(13-18)17-25/h1-5,18-20H,6-17H2,(H,26,32)(H,27,30). The van der Waals surface area contributed by atoms with E-state index < -0.39 is 0 Å². The minimum absolute atomic E-state index is 0.106. The predicted molar refractivity (Wildman–Crippen MR) is 122 cm³/mol. The Hall–Kier alpha value is -2.57. The van der Waals surface area contributed by atoms with E-state index in [9.17, 15) is 14.4 Å². The lowest BCUT2D eigenvalue weighted by molar-refractivity contribution is -0.159. The number of benzene rings is 1. The second-order valence-electron chi connectivity index (χ2n) is 10.4. The van der Waals surface area contributed by atoms with Gasteiger partial charge < -0.3 is 20.4 Å². The van der Waals surface area contributed by atoms with Crippen molar-refractivity contribution in [2.24, 2.45) is 23.2 Å². The third kappa shape index (κ3) is 4.34. The fraction of sp³-hybridized carbons (Fsp3) is 0.640. The van der Waals surface area contributed by atoms with Crippen LogP contribution in [0.25, 0.3) is 0 Å². The fourth-order valence-electron chi connectivity index (χ4n) is 6.96. The van der Waals surface area contributed by atoms with Gasteiger partial charge in [-0.1, -0.05) is 18.2 Å². The molecule has 0 spiro atoms. The van der Waals surface area contributed by atoms with Crippen LogP contribution in [0, 0.1) is 23.2 Å². The molecule has 4 amide bonds. The van der Waals surface area contributed by atoms with E-state index in [1.54, 1.807) is 4.90 Å². The number of rotatable bonds is 5. The Morgan fingerprint density at radius 2 is 1.41 bits per heavy atom. The lowest BCUT2D eigenvalue weighted by Gasteiger charge is -2.57. The summed E-state index contributed by atoms with van der Waals surface area (Å²) >= 11 is 0. The Kier molecular flexibility index (Phi) is 5.82. The first-order valence-electron chi connectivity index (χ1n) is 12.2. The van der Waals surface area contributed by atoms with Gasteiger partial charge in [-0.05, 0) is 68.4 Å². The van der Waals surface area contributed by atoms with Crippen molar-refractivity contribution in [3.05, 3.63) is 30.3 Å². The Morgan fingerprint density at radius 3 is 2.00 bits per heavy atom. The number of hydrogen-bond donors (Lipinski definition) is 2. The molecule has 0 aromatic heterocycles. The van der Waals surface area contributed by atoms with Gasteiger partial charge in [-0.3, -0.25) is 9.59 Å². The van der Waals surface area contributed by atoms with Gasteiger partial charge in [-0.25, -0.2) is 4.79 Å². The average molecular weight is 439 g/mol. The summed E-state index contributed by atoms with van der Waals surface area (Å²) in [6.45, 7) is 2.63. The Morgan fingerprint density at radius 1 is 0.844 bits per heavy atom. The van der Waals surface area contributed by atoms with Crippen molar-refractivity contribution < 1.29 is 14.4 Å². The third-order valence-electron chi connectivity index (χ3n) is 8.03. The summed E-state index contributed by atoms with van der Waals surface area (Å²) in [5, 5.41) is 5.66. The van der Waals surface area contributed by atoms with E-state index in [2.05, 4.69) is 10.6 Å². The molecule has 0 unspecified atom stereocenters. The summed E-state index contributed by atoms with van der Waals surface area (Å²) in [5.74, 6) is 2.51. The lowest BCUT2D eigenvalue weighted by Crippen LogP contribution is -2.59. The van der Waals surface area contributed by atoms with Gasteiger partial charge in [-0.15, -0.1) is 0 Å². The number of urea groups is 1. The molecule has 7 heteroatoms. The summed E-state index contributed by atoms with van der Waals surface area (Å²) in [7, 11) is 0. The van der Waals surface area contributed by atoms with Gasteiger partial charge in [0, 0.05) is 44.8 Å². The van der Waals surface area contributed by atoms with Gasteiger partial charge in [0.2, 0.25) is 11.8 Å². The molecule has 4 bridgehead atoms. The highest BCUT2D eigenvalue weighted by Crippen LogP contribution is 2.60. The molecule has 4 aliphatic carbocycles. The maximum Gasteiger partial charge on any atom is 0.317 e. The molecule has 2 N–H and O–H groups in total. The van der Waals surface area contributed by atoms with E-state index in [4.69, 9.17) is 0 Å². The first-order valence-corrected chi connectivity index (χ1v) is 12.2. The number of amides is 4. The van der Waals surface area contributed by atoms with Crippen LogP contribution >= 0.6 is 0 Å². The molecule has 4 saturated carbocycles. The van der Waals surface area contributed by atoms with Crippen LogP contribution in [-0.2, 0) is 9.59 Å². The third-order valence-corrected chi connectivity index (χ3v) is 8.03. The molecule has 6 rings (SSSR count). The van der Waals surface area contributed by atoms with E-state index in [-0.39, 0.29) is 23.8 Å². The monoisotopic (exact) mass is 438 g/mol. The van der Waals surface area contributed by atoms with Crippen molar-refractivity contribution in [2.45, 2.75) is 44.9 Å². The molecule has 1 aliphatic heterocycles. The highest BCUT2D eigenvalue weighted by molar-refractivity contribution is 5.91. The highest BCUT2D eigenvalue weighted by atomic mass is 16.2. The average Bonchev–Trinajstić information content (AvgIpc) is 2.78. The van der Waals surface area contributed by atoms with Crippen molar-refractivity contribution in [3.63, 3.8) is 0 Å². The molecule has 1 saturated heterocycles. The molecular weight excluding hydrogens is 404 g/mol. The zero-order valence-corrected chi connectivity index (χ0v) is 18.7. The van der Waals surface area contributed by atoms with Crippen LogP contribution in [0.1, 0.15) is 44.9 Å². The molecule has 32 heavy (non-hydrogen) atoms. The second-order valence-corrected chi connectivity index (χ2v) is 10.4. The number of piperazine rings is 1. The van der Waals surface area contributed by atoms with E-state index in [0.29, 0.717) is 38.6 Å². The van der Waals surface area contributed by atoms with Gasteiger partial charge in [0.15, 0.2) is 0 Å². The summed E-state index contributed by atoms with van der Waals surface area (Å²) in [6.07, 6.45) is 7.50. The van der Waals surface area contributed by atoms with Crippen molar-refractivity contribution in [1.82, 2.24) is 15.1 Å². The van der Waals surface area contributed by atoms with Crippen LogP contribution in [0.4, 0.5) is 10.5 Å². The normalized spacial score (nSPS) is 30.8. The van der Waals surface area contributed by atoms with E-state index >= 15 is 0 Å². The van der Waals surface area contributed by atoms with Crippen LogP contribution in [0.15, 0.2) is 30.3 Å². The van der Waals surface area contributed by atoms with Gasteiger partial charge >= 0.3 is 6.03 Å². The van der Waals surface area contributed by atoms with Crippen molar-refractivity contribution in [1.29, 1.82) is 0 Å². The number of carbonyl (C=O) groups excluding carboxylic acids is 3. The van der Waals surface area contributed by atoms with Crippen LogP contribution < -0.4 is 10.6 Å². The summed E-state index contributed by atoms with van der Waals surface area (Å²) in [6, 6.07) is 9.14. The van der Waals surface area contributed by atoms with Crippen LogP contribution in [0.5, 0.6) is 0 Å². The number of nitrogens with zero attached hydrogens (tertiary/aromatic N) is 2. The van der Waals surface area contributed by atoms with Crippen LogP contribution in [-0.4, -0.2) is 60.4 Å².